The molecule has 0 radical (unpaired) electrons. The van der Waals surface area contributed by atoms with Crippen molar-refractivity contribution in [3.8, 4) is 11.5 Å². The van der Waals surface area contributed by atoms with Crippen molar-refractivity contribution in [1.29, 1.82) is 0 Å². The molecular formula is C30H52O6Sn2Te. The molecule has 2 aromatic rings. The van der Waals surface area contributed by atoms with Gasteiger partial charge in [-0.2, -0.15) is 83.1 Å². The number of hydrogen-bond acceptors (Lipinski definition) is 5. The minimum absolute atomic E-state index is 0. The van der Waals surface area contributed by atoms with E-state index in [1.165, 1.54) is 23.7 Å². The van der Waals surface area contributed by atoms with Gasteiger partial charge in [-0.15, -0.1) is 0 Å². The molecule has 0 fully saturated rings. The largest absolute Gasteiger partial charge is 4.00 e. The summed E-state index contributed by atoms with van der Waals surface area (Å²) in [5.41, 5.74) is 0. The molecule has 0 saturated heterocycles. The van der Waals surface area contributed by atoms with Crippen molar-refractivity contribution in [3.05, 3.63) is 72.2 Å². The van der Waals surface area contributed by atoms with Gasteiger partial charge >= 0.3 is 162 Å². The summed E-state index contributed by atoms with van der Waals surface area (Å²) in [4.78, 5) is 0. The molecule has 0 bridgehead atoms. The Hall–Kier alpha value is 0.267. The first-order valence-electron chi connectivity index (χ1n) is 11.4. The molecule has 0 aromatic heterocycles. The maximum absolute atomic E-state index is 12.4. The van der Waals surface area contributed by atoms with E-state index in [1.54, 1.807) is 14.2 Å². The standard InChI is InChI=1S/C14H14O3Te.4C4H9.2H2O.O.2Sn/c1-16-11-3-7-13(8-4-11)18(15)14-9-5-12(17-2)6-10-14;4*1-4(2)3;;;;;/h3-10H,1-2H3;4*1-3H3;2*1H2;;;/q;4*-1;;;-2;2*+4/p-2. The number of hydrogen-bond donors (Lipinski definition) is 0. The van der Waals surface area contributed by atoms with Crippen LogP contribution in [-0.2, 0) is 5.48 Å². The smallest absolute Gasteiger partial charge is 2.00 e. The van der Waals surface area contributed by atoms with Gasteiger partial charge in [0.2, 0.25) is 0 Å². The summed E-state index contributed by atoms with van der Waals surface area (Å²) >= 11 is -2.67. The molecule has 9 heteroatoms. The van der Waals surface area contributed by atoms with Crippen LogP contribution >= 0.6 is 0 Å². The second-order valence-corrected chi connectivity index (χ2v) is 13.8. The number of benzene rings is 2. The van der Waals surface area contributed by atoms with Crippen molar-refractivity contribution in [1.82, 2.24) is 0 Å². The Morgan fingerprint density at radius 2 is 0.641 bits per heavy atom. The number of methoxy groups -OCH3 is 2. The van der Waals surface area contributed by atoms with Crippen LogP contribution < -0.4 is 20.2 Å². The third-order valence-electron chi connectivity index (χ3n) is 2.55. The van der Waals surface area contributed by atoms with Crippen LogP contribution in [0.25, 0.3) is 0 Å². The Labute approximate surface area is 283 Å². The van der Waals surface area contributed by atoms with Crippen molar-refractivity contribution in [3.63, 3.8) is 0 Å². The molecule has 0 atom stereocenters. The topological polar surface area (TPSA) is 130 Å². The second-order valence-electron chi connectivity index (χ2n) is 9.62. The molecule has 0 aliphatic rings. The van der Waals surface area contributed by atoms with Crippen LogP contribution in [0.5, 0.6) is 11.5 Å². The second kappa shape index (κ2) is 38.3. The molecule has 0 aliphatic carbocycles. The predicted molar refractivity (Wildman–Crippen MR) is 168 cm³/mol. The van der Waals surface area contributed by atoms with Crippen molar-refractivity contribution in [2.45, 2.75) is 83.1 Å². The zero-order valence-corrected chi connectivity index (χ0v) is 34.6. The Kier molecular flexibility index (Phi) is 57.7. The van der Waals surface area contributed by atoms with Gasteiger partial charge in [0.15, 0.2) is 0 Å². The summed E-state index contributed by atoms with van der Waals surface area (Å²) in [7, 11) is 3.24. The van der Waals surface area contributed by atoms with Crippen molar-refractivity contribution in [2.75, 3.05) is 14.2 Å². The molecule has 0 spiro atoms. The van der Waals surface area contributed by atoms with E-state index in [1.807, 2.05) is 48.5 Å². The summed E-state index contributed by atoms with van der Waals surface area (Å²) in [5, 5.41) is 0. The van der Waals surface area contributed by atoms with E-state index in [2.05, 4.69) is 83.1 Å². The van der Waals surface area contributed by atoms with Crippen LogP contribution in [0, 0.1) is 23.7 Å². The fraction of sp³-hybridized carbons (Fsp3) is 0.467. The van der Waals surface area contributed by atoms with Crippen molar-refractivity contribution >= 4 is 75.0 Å². The fourth-order valence-electron chi connectivity index (χ4n) is 1.53. The third-order valence-corrected chi connectivity index (χ3v) is 6.54. The molecule has 2 aromatic carbocycles. The van der Waals surface area contributed by atoms with Crippen molar-refractivity contribution in [2.24, 2.45) is 0 Å². The van der Waals surface area contributed by atoms with Gasteiger partial charge in [-0.05, 0) is 0 Å². The summed E-state index contributed by atoms with van der Waals surface area (Å²) < 4.78 is 24.4. The molecule has 0 saturated carbocycles. The maximum Gasteiger partial charge on any atom is 4.00 e. The predicted octanol–water partition coefficient (Wildman–Crippen LogP) is 5.42. The average molecular weight is 874 g/mol. The summed E-state index contributed by atoms with van der Waals surface area (Å²) in [6, 6.07) is 14.8. The van der Waals surface area contributed by atoms with E-state index >= 15 is 0 Å². The van der Waals surface area contributed by atoms with Crippen LogP contribution in [0.1, 0.15) is 83.1 Å². The minimum Gasteiger partial charge on any atom is -2.00 e. The molecule has 0 amide bonds. The van der Waals surface area contributed by atoms with Crippen LogP contribution in [0.15, 0.2) is 48.5 Å². The van der Waals surface area contributed by atoms with Gasteiger partial charge in [0.25, 0.3) is 0 Å². The zero-order valence-electron chi connectivity index (χ0n) is 26.6. The Balaban J connectivity index is -0.0000000645. The Bertz CT molecular complexity index is 600. The molecule has 0 heterocycles. The van der Waals surface area contributed by atoms with E-state index in [0.717, 1.165) is 18.7 Å². The molecule has 222 valence electrons. The fourth-order valence-corrected chi connectivity index (χ4v) is 4.50. The van der Waals surface area contributed by atoms with Gasteiger partial charge < -0.3 is 40.1 Å². The molecule has 39 heavy (non-hydrogen) atoms. The number of rotatable bonds is 4. The quantitative estimate of drug-likeness (QED) is 0.300. The van der Waals surface area contributed by atoms with Gasteiger partial charge in [0, 0.05) is 0 Å². The molecule has 6 nitrogen and oxygen atoms in total. The van der Waals surface area contributed by atoms with Crippen LogP contribution in [0.4, 0.5) is 0 Å². The van der Waals surface area contributed by atoms with Crippen LogP contribution in [0.3, 0.4) is 0 Å². The van der Waals surface area contributed by atoms with Gasteiger partial charge in [0.1, 0.15) is 0 Å². The average Bonchev–Trinajstić information content (AvgIpc) is 2.72. The molecule has 2 N–H and O–H groups in total. The first-order chi connectivity index (χ1) is 15.7. The Morgan fingerprint density at radius 1 is 0.487 bits per heavy atom. The van der Waals surface area contributed by atoms with E-state index in [9.17, 15) is 3.47 Å². The monoisotopic (exact) mass is 878 g/mol. The summed E-state index contributed by atoms with van der Waals surface area (Å²) in [5.74, 6) is 7.22. The zero-order chi connectivity index (χ0) is 27.3. The van der Waals surface area contributed by atoms with Crippen LogP contribution in [-0.4, -0.2) is 92.9 Å². The minimum atomic E-state index is -2.67. The van der Waals surface area contributed by atoms with Crippen LogP contribution in [0.2, 0.25) is 0 Å². The van der Waals surface area contributed by atoms with Gasteiger partial charge in [-0.1, -0.05) is 0 Å². The molecule has 0 unspecified atom stereocenters. The van der Waals surface area contributed by atoms with E-state index in [-0.39, 0.29) is 64.2 Å². The van der Waals surface area contributed by atoms with E-state index < -0.39 is 20.0 Å². The van der Waals surface area contributed by atoms with E-state index in [0.29, 0.717) is 0 Å². The first-order valence-corrected chi connectivity index (χ1v) is 14.7. The summed E-state index contributed by atoms with van der Waals surface area (Å²) in [6.45, 7) is 25.0. The SMILES string of the molecule is COc1ccc([Te+]([O-])c2ccc(OC)cc2)cc1.C[C-](C)C.C[C-](C)C.C[C-](C)C.C[C-](C)C.[O-2].[OH-].[OH-].[Sn+4].[Sn+4]. The van der Waals surface area contributed by atoms with Gasteiger partial charge in [0.05, 0.1) is 0 Å². The number of ether oxygens (including phenoxy) is 2. The summed E-state index contributed by atoms with van der Waals surface area (Å²) in [6.07, 6.45) is 0. The van der Waals surface area contributed by atoms with Gasteiger partial charge in [-0.25, -0.2) is 0 Å². The first kappa shape index (κ1) is 58.8. The van der Waals surface area contributed by atoms with Crippen molar-refractivity contribution < 1.29 is 29.4 Å². The Morgan fingerprint density at radius 3 is 0.769 bits per heavy atom. The van der Waals surface area contributed by atoms with E-state index in [4.69, 9.17) is 9.47 Å². The van der Waals surface area contributed by atoms with Gasteiger partial charge in [-0.3, -0.25) is 0 Å². The maximum atomic E-state index is 12.4. The normalized spacial score (nSPS) is 8.51. The third kappa shape index (κ3) is 48.3. The molecule has 2 rings (SSSR count). The molecular weight excluding hydrogens is 821 g/mol. The molecule has 0 aliphatic heterocycles.